The molecular weight excluding hydrogens is 455 g/mol. The number of nitriles is 1. The van der Waals surface area contributed by atoms with E-state index in [0.29, 0.717) is 22.0 Å². The van der Waals surface area contributed by atoms with E-state index in [9.17, 15) is 28.0 Å². The highest BCUT2D eigenvalue weighted by molar-refractivity contribution is 5.93. The molecule has 34 heavy (non-hydrogen) atoms. The van der Waals surface area contributed by atoms with E-state index in [1.54, 1.807) is 0 Å². The molecule has 2 aromatic heterocycles. The highest BCUT2D eigenvalue weighted by Crippen LogP contribution is 2.31. The van der Waals surface area contributed by atoms with E-state index in [1.807, 2.05) is 6.07 Å². The summed E-state index contributed by atoms with van der Waals surface area (Å²) in [5.41, 5.74) is 0.937. The van der Waals surface area contributed by atoms with E-state index in [-0.39, 0.29) is 36.4 Å². The molecule has 1 saturated heterocycles. The molecule has 13 heteroatoms. The van der Waals surface area contributed by atoms with E-state index in [0.717, 1.165) is 12.8 Å². The SMILES string of the molecule is CC(Nc1cc(-c2cnc(NC(=O)C3CC3)cn2)cnc1C#N)C(=O)N1CCOC1C(F)(F)F. The van der Waals surface area contributed by atoms with Crippen LogP contribution in [0.25, 0.3) is 11.3 Å². The van der Waals surface area contributed by atoms with Crippen LogP contribution in [-0.2, 0) is 14.3 Å². The Morgan fingerprint density at radius 2 is 2.00 bits per heavy atom. The number of rotatable bonds is 6. The van der Waals surface area contributed by atoms with Gasteiger partial charge in [0.2, 0.25) is 18.0 Å². The fourth-order valence-electron chi connectivity index (χ4n) is 3.43. The quantitative estimate of drug-likeness (QED) is 0.650. The number of hydrogen-bond acceptors (Lipinski definition) is 8. The van der Waals surface area contributed by atoms with E-state index in [4.69, 9.17) is 0 Å². The minimum Gasteiger partial charge on any atom is -0.372 e. The molecule has 2 atom stereocenters. The molecule has 2 amide bonds. The number of alkyl halides is 3. The third kappa shape index (κ3) is 5.07. The van der Waals surface area contributed by atoms with Gasteiger partial charge in [0.25, 0.3) is 0 Å². The van der Waals surface area contributed by atoms with Gasteiger partial charge in [-0.05, 0) is 25.8 Å². The second-order valence-electron chi connectivity index (χ2n) is 7.94. The molecule has 0 aromatic carbocycles. The first-order valence-electron chi connectivity index (χ1n) is 10.5. The average molecular weight is 475 g/mol. The minimum atomic E-state index is -4.71. The van der Waals surface area contributed by atoms with Crippen LogP contribution in [0.15, 0.2) is 24.7 Å². The van der Waals surface area contributed by atoms with Gasteiger partial charge >= 0.3 is 6.18 Å². The summed E-state index contributed by atoms with van der Waals surface area (Å²) in [4.78, 5) is 37.6. The molecular formula is C21H20F3N7O3. The smallest absolute Gasteiger partial charge is 0.372 e. The van der Waals surface area contributed by atoms with Crippen LogP contribution in [0.5, 0.6) is 0 Å². The number of halogens is 3. The Balaban J connectivity index is 1.49. The molecule has 0 bridgehead atoms. The second-order valence-corrected chi connectivity index (χ2v) is 7.94. The number of carbonyl (C=O) groups excluding carboxylic acids is 2. The molecule has 3 heterocycles. The van der Waals surface area contributed by atoms with E-state index >= 15 is 0 Å². The van der Waals surface area contributed by atoms with E-state index < -0.39 is 24.4 Å². The molecule has 2 fully saturated rings. The lowest BCUT2D eigenvalue weighted by Crippen LogP contribution is -2.50. The lowest BCUT2D eigenvalue weighted by atomic mass is 10.1. The van der Waals surface area contributed by atoms with Gasteiger partial charge in [-0.15, -0.1) is 0 Å². The summed E-state index contributed by atoms with van der Waals surface area (Å²) in [7, 11) is 0. The Kier molecular flexibility index (Phi) is 6.34. The molecule has 178 valence electrons. The van der Waals surface area contributed by atoms with Gasteiger partial charge in [0, 0.05) is 24.2 Å². The lowest BCUT2D eigenvalue weighted by Gasteiger charge is -2.28. The Morgan fingerprint density at radius 1 is 1.24 bits per heavy atom. The minimum absolute atomic E-state index is 0.0149. The molecule has 2 unspecified atom stereocenters. The number of nitrogens with zero attached hydrogens (tertiary/aromatic N) is 5. The molecule has 2 N–H and O–H groups in total. The van der Waals surface area contributed by atoms with Crippen molar-refractivity contribution in [3.05, 3.63) is 30.4 Å². The van der Waals surface area contributed by atoms with Crippen molar-refractivity contribution in [2.75, 3.05) is 23.8 Å². The van der Waals surface area contributed by atoms with Crippen LogP contribution in [0.2, 0.25) is 0 Å². The van der Waals surface area contributed by atoms with Crippen LogP contribution in [0.3, 0.4) is 0 Å². The van der Waals surface area contributed by atoms with Gasteiger partial charge in [-0.25, -0.2) is 9.97 Å². The molecule has 1 aliphatic carbocycles. The maximum absolute atomic E-state index is 13.1. The maximum atomic E-state index is 13.1. The number of anilines is 2. The third-order valence-electron chi connectivity index (χ3n) is 5.34. The summed E-state index contributed by atoms with van der Waals surface area (Å²) in [5, 5.41) is 14.8. The van der Waals surface area contributed by atoms with Gasteiger partial charge in [-0.1, -0.05) is 0 Å². The van der Waals surface area contributed by atoms with Gasteiger partial charge in [0.15, 0.2) is 11.5 Å². The zero-order valence-electron chi connectivity index (χ0n) is 18.0. The van der Waals surface area contributed by atoms with Crippen LogP contribution in [0.4, 0.5) is 24.7 Å². The van der Waals surface area contributed by atoms with Gasteiger partial charge in [0.05, 0.1) is 30.4 Å². The molecule has 2 aromatic rings. The summed E-state index contributed by atoms with van der Waals surface area (Å²) in [6.45, 7) is 0.968. The topological polar surface area (TPSA) is 133 Å². The van der Waals surface area contributed by atoms with Gasteiger partial charge in [0.1, 0.15) is 12.1 Å². The number of ether oxygens (including phenoxy) is 1. The monoisotopic (exact) mass is 475 g/mol. The molecule has 0 radical (unpaired) electrons. The first kappa shape index (κ1) is 23.4. The van der Waals surface area contributed by atoms with Crippen LogP contribution in [-0.4, -0.2) is 63.3 Å². The number of hydrogen-bond donors (Lipinski definition) is 2. The first-order valence-corrected chi connectivity index (χ1v) is 10.5. The number of amides is 2. The summed E-state index contributed by atoms with van der Waals surface area (Å²) < 4.78 is 44.1. The zero-order chi connectivity index (χ0) is 24.5. The van der Waals surface area contributed by atoms with Crippen molar-refractivity contribution >= 4 is 23.3 Å². The normalized spacial score (nSPS) is 18.8. The van der Waals surface area contributed by atoms with Crippen LogP contribution in [0, 0.1) is 17.2 Å². The Morgan fingerprint density at radius 3 is 2.62 bits per heavy atom. The molecule has 4 rings (SSSR count). The first-order chi connectivity index (χ1) is 16.2. The largest absolute Gasteiger partial charge is 0.433 e. The number of nitrogens with one attached hydrogen (secondary N) is 2. The molecule has 0 spiro atoms. The molecule has 1 saturated carbocycles. The fourth-order valence-corrected chi connectivity index (χ4v) is 3.43. The standard InChI is InChI=1S/C21H20F3N7O3/c1-11(19(33)31-4-5-34-20(31)21(22,23)24)29-14-6-13(8-26-15(14)7-25)16-9-28-17(10-27-16)30-18(32)12-2-3-12/h6,8-12,20,29H,2-5H2,1H3,(H,28,30,32). The fraction of sp³-hybridized carbons (Fsp3) is 0.429. The maximum Gasteiger partial charge on any atom is 0.433 e. The third-order valence-corrected chi connectivity index (χ3v) is 5.34. The Hall–Kier alpha value is -3.79. The van der Waals surface area contributed by atoms with Crippen molar-refractivity contribution in [2.45, 2.75) is 38.2 Å². The Labute approximate surface area is 192 Å². The van der Waals surface area contributed by atoms with Crippen LogP contribution >= 0.6 is 0 Å². The van der Waals surface area contributed by atoms with E-state index in [1.165, 1.54) is 31.6 Å². The summed E-state index contributed by atoms with van der Waals surface area (Å²) in [5.74, 6) is -0.624. The van der Waals surface area contributed by atoms with Crippen molar-refractivity contribution in [1.29, 1.82) is 5.26 Å². The predicted octanol–water partition coefficient (Wildman–Crippen LogP) is 2.31. The summed E-state index contributed by atoms with van der Waals surface area (Å²) in [6, 6.07) is 2.29. The van der Waals surface area contributed by atoms with E-state index in [2.05, 4.69) is 30.3 Å². The molecule has 1 aliphatic heterocycles. The van der Waals surface area contributed by atoms with Crippen molar-refractivity contribution in [3.63, 3.8) is 0 Å². The molecule has 2 aliphatic rings. The van der Waals surface area contributed by atoms with Gasteiger partial charge < -0.3 is 20.3 Å². The van der Waals surface area contributed by atoms with Crippen molar-refractivity contribution in [1.82, 2.24) is 19.9 Å². The summed E-state index contributed by atoms with van der Waals surface area (Å²) in [6.07, 6.45) is -1.13. The zero-order valence-corrected chi connectivity index (χ0v) is 18.0. The lowest BCUT2D eigenvalue weighted by molar-refractivity contribution is -0.238. The summed E-state index contributed by atoms with van der Waals surface area (Å²) >= 11 is 0. The number of carbonyl (C=O) groups is 2. The number of aromatic nitrogens is 3. The highest BCUT2D eigenvalue weighted by atomic mass is 19.4. The van der Waals surface area contributed by atoms with Crippen molar-refractivity contribution < 1.29 is 27.5 Å². The van der Waals surface area contributed by atoms with Crippen LogP contribution in [0.1, 0.15) is 25.5 Å². The van der Waals surface area contributed by atoms with Crippen molar-refractivity contribution in [2.24, 2.45) is 5.92 Å². The number of pyridine rings is 1. The second kappa shape index (κ2) is 9.22. The van der Waals surface area contributed by atoms with Crippen LogP contribution < -0.4 is 10.6 Å². The van der Waals surface area contributed by atoms with Gasteiger partial charge in [-0.3, -0.25) is 14.6 Å². The predicted molar refractivity (Wildman–Crippen MR) is 112 cm³/mol. The van der Waals surface area contributed by atoms with Gasteiger partial charge in [-0.2, -0.15) is 18.4 Å². The van der Waals surface area contributed by atoms with Crippen molar-refractivity contribution in [3.8, 4) is 17.3 Å². The molecule has 10 nitrogen and oxygen atoms in total. The average Bonchev–Trinajstić information content (AvgIpc) is 3.54. The Bertz CT molecular complexity index is 1130. The highest BCUT2D eigenvalue weighted by Gasteiger charge is 2.50.